The van der Waals surface area contributed by atoms with Gasteiger partial charge in [-0.2, -0.15) is 0 Å². The highest BCUT2D eigenvalue weighted by atomic mass is 14.6. The molecule has 0 aliphatic rings. The minimum Gasteiger partial charge on any atom is -0.399 e. The molecule has 2 heteroatoms. The maximum Gasteiger partial charge on any atom is 0.0414 e. The lowest BCUT2D eigenvalue weighted by Gasteiger charge is -2.06. The van der Waals surface area contributed by atoms with Crippen LogP contribution in [0.2, 0.25) is 0 Å². The van der Waals surface area contributed by atoms with Crippen LogP contribution >= 0.6 is 0 Å². The molecule has 0 aliphatic heterocycles. The average Bonchev–Trinajstić information content (AvgIpc) is 2.19. The van der Waals surface area contributed by atoms with Gasteiger partial charge in [0.25, 0.3) is 0 Å². The van der Waals surface area contributed by atoms with Gasteiger partial charge in [0, 0.05) is 16.9 Å². The van der Waals surface area contributed by atoms with Gasteiger partial charge in [-0.15, -0.1) is 0 Å². The van der Waals surface area contributed by atoms with Gasteiger partial charge >= 0.3 is 0 Å². The second-order valence-corrected chi connectivity index (χ2v) is 3.21. The average molecular weight is 200 g/mol. The van der Waals surface area contributed by atoms with Gasteiger partial charge in [-0.3, -0.25) is 0 Å². The zero-order chi connectivity index (χ0) is 9.97. The van der Waals surface area contributed by atoms with E-state index in [1.54, 1.807) is 6.07 Å². The molecule has 2 rings (SSSR count). The standard InChI is InChI=1S/C12H12N2.CH4/c13-10-6-7-11(12(14)8-10)9-4-2-1-3-5-9;/h1-8H,13-14H2;1H4. The second kappa shape index (κ2) is 4.51. The van der Waals surface area contributed by atoms with Crippen LogP contribution in [0.25, 0.3) is 11.1 Å². The first kappa shape index (κ1) is 11.1. The van der Waals surface area contributed by atoms with E-state index in [1.165, 1.54) is 0 Å². The predicted octanol–water partition coefficient (Wildman–Crippen LogP) is 3.15. The van der Waals surface area contributed by atoms with Gasteiger partial charge < -0.3 is 11.5 Å². The van der Waals surface area contributed by atoms with Crippen molar-refractivity contribution in [1.29, 1.82) is 0 Å². The van der Waals surface area contributed by atoms with Crippen LogP contribution in [0.4, 0.5) is 11.4 Å². The Morgan fingerprint density at radius 2 is 1.47 bits per heavy atom. The summed E-state index contributed by atoms with van der Waals surface area (Å²) in [6.07, 6.45) is 0. The molecule has 0 fully saturated rings. The molecule has 0 aliphatic carbocycles. The third-order valence-electron chi connectivity index (χ3n) is 2.16. The fourth-order valence-electron chi connectivity index (χ4n) is 1.46. The monoisotopic (exact) mass is 200 g/mol. The lowest BCUT2D eigenvalue weighted by atomic mass is 10.0. The van der Waals surface area contributed by atoms with E-state index in [1.807, 2.05) is 42.5 Å². The third kappa shape index (κ3) is 2.29. The first-order valence-corrected chi connectivity index (χ1v) is 4.48. The Hall–Kier alpha value is -1.96. The normalized spacial score (nSPS) is 9.33. The van der Waals surface area contributed by atoms with E-state index < -0.39 is 0 Å². The number of nitrogen functional groups attached to an aromatic ring is 2. The summed E-state index contributed by atoms with van der Waals surface area (Å²) in [7, 11) is 0. The van der Waals surface area contributed by atoms with Gasteiger partial charge in [0.15, 0.2) is 0 Å². The number of benzene rings is 2. The quantitative estimate of drug-likeness (QED) is 0.695. The SMILES string of the molecule is C.Nc1ccc(-c2ccccc2)c(N)c1. The van der Waals surface area contributed by atoms with Crippen LogP contribution < -0.4 is 11.5 Å². The summed E-state index contributed by atoms with van der Waals surface area (Å²) in [5, 5.41) is 0. The van der Waals surface area contributed by atoms with Crippen LogP contribution in [-0.2, 0) is 0 Å². The number of anilines is 2. The summed E-state index contributed by atoms with van der Waals surface area (Å²) in [5.41, 5.74) is 15.1. The topological polar surface area (TPSA) is 52.0 Å². The summed E-state index contributed by atoms with van der Waals surface area (Å²) >= 11 is 0. The molecule has 0 spiro atoms. The van der Waals surface area contributed by atoms with Crippen molar-refractivity contribution in [3.8, 4) is 11.1 Å². The second-order valence-electron chi connectivity index (χ2n) is 3.21. The first-order chi connectivity index (χ1) is 6.77. The molecule has 0 heterocycles. The molecule has 78 valence electrons. The van der Waals surface area contributed by atoms with Crippen molar-refractivity contribution >= 4 is 11.4 Å². The Morgan fingerprint density at radius 1 is 0.800 bits per heavy atom. The van der Waals surface area contributed by atoms with E-state index in [4.69, 9.17) is 11.5 Å². The van der Waals surface area contributed by atoms with Gasteiger partial charge in [-0.05, 0) is 17.7 Å². The predicted molar refractivity (Wildman–Crippen MR) is 67.4 cm³/mol. The molecular weight excluding hydrogens is 184 g/mol. The zero-order valence-corrected chi connectivity index (χ0v) is 7.77. The Morgan fingerprint density at radius 3 is 2.07 bits per heavy atom. The molecule has 2 aromatic carbocycles. The lowest BCUT2D eigenvalue weighted by Crippen LogP contribution is -1.92. The summed E-state index contributed by atoms with van der Waals surface area (Å²) in [6.45, 7) is 0. The number of hydrogen-bond acceptors (Lipinski definition) is 2. The molecule has 0 amide bonds. The van der Waals surface area contributed by atoms with Crippen LogP contribution in [0.1, 0.15) is 7.43 Å². The molecule has 0 unspecified atom stereocenters. The van der Waals surface area contributed by atoms with Crippen molar-refractivity contribution in [2.45, 2.75) is 7.43 Å². The number of hydrogen-bond donors (Lipinski definition) is 2. The Labute approximate surface area is 90.5 Å². The van der Waals surface area contributed by atoms with E-state index >= 15 is 0 Å². The molecule has 15 heavy (non-hydrogen) atoms. The van der Waals surface area contributed by atoms with Crippen LogP contribution in [-0.4, -0.2) is 0 Å². The van der Waals surface area contributed by atoms with Gasteiger partial charge in [-0.1, -0.05) is 43.8 Å². The molecule has 0 saturated heterocycles. The van der Waals surface area contributed by atoms with Crippen LogP contribution in [0.3, 0.4) is 0 Å². The van der Waals surface area contributed by atoms with Gasteiger partial charge in [0.05, 0.1) is 0 Å². The third-order valence-corrected chi connectivity index (χ3v) is 2.16. The Kier molecular flexibility index (Phi) is 3.34. The maximum atomic E-state index is 5.87. The maximum absolute atomic E-state index is 5.87. The summed E-state index contributed by atoms with van der Waals surface area (Å²) in [5.74, 6) is 0. The van der Waals surface area contributed by atoms with Crippen molar-refractivity contribution in [1.82, 2.24) is 0 Å². The molecule has 4 N–H and O–H groups in total. The van der Waals surface area contributed by atoms with E-state index in [0.717, 1.165) is 16.8 Å². The highest BCUT2D eigenvalue weighted by Crippen LogP contribution is 2.26. The smallest absolute Gasteiger partial charge is 0.0414 e. The summed E-state index contributed by atoms with van der Waals surface area (Å²) in [4.78, 5) is 0. The molecule has 0 radical (unpaired) electrons. The van der Waals surface area contributed by atoms with Gasteiger partial charge in [0.1, 0.15) is 0 Å². The van der Waals surface area contributed by atoms with Crippen molar-refractivity contribution in [3.63, 3.8) is 0 Å². The van der Waals surface area contributed by atoms with Crippen molar-refractivity contribution in [3.05, 3.63) is 48.5 Å². The highest BCUT2D eigenvalue weighted by molar-refractivity contribution is 5.78. The molecule has 0 saturated carbocycles. The highest BCUT2D eigenvalue weighted by Gasteiger charge is 2.00. The summed E-state index contributed by atoms with van der Waals surface area (Å²) < 4.78 is 0. The Bertz CT molecular complexity index is 436. The fourth-order valence-corrected chi connectivity index (χ4v) is 1.46. The molecule has 2 aromatic rings. The Balaban J connectivity index is 0.00000112. The largest absolute Gasteiger partial charge is 0.399 e. The first-order valence-electron chi connectivity index (χ1n) is 4.48. The zero-order valence-electron chi connectivity index (χ0n) is 7.77. The van der Waals surface area contributed by atoms with Crippen molar-refractivity contribution in [2.75, 3.05) is 11.5 Å². The molecule has 2 nitrogen and oxygen atoms in total. The van der Waals surface area contributed by atoms with Crippen LogP contribution in [0.15, 0.2) is 48.5 Å². The fraction of sp³-hybridized carbons (Fsp3) is 0.0769. The molecule has 0 aromatic heterocycles. The van der Waals surface area contributed by atoms with Crippen LogP contribution in [0.5, 0.6) is 0 Å². The van der Waals surface area contributed by atoms with E-state index in [-0.39, 0.29) is 7.43 Å². The van der Waals surface area contributed by atoms with E-state index in [0.29, 0.717) is 5.69 Å². The lowest BCUT2D eigenvalue weighted by molar-refractivity contribution is 1.60. The number of rotatable bonds is 1. The van der Waals surface area contributed by atoms with Crippen LogP contribution in [0, 0.1) is 0 Å². The minimum absolute atomic E-state index is 0. The minimum atomic E-state index is 0. The van der Waals surface area contributed by atoms with Gasteiger partial charge in [-0.25, -0.2) is 0 Å². The molecule has 0 bridgehead atoms. The summed E-state index contributed by atoms with van der Waals surface area (Å²) in [6, 6.07) is 15.6. The van der Waals surface area contributed by atoms with Crippen molar-refractivity contribution in [2.24, 2.45) is 0 Å². The van der Waals surface area contributed by atoms with E-state index in [9.17, 15) is 0 Å². The molecule has 0 atom stereocenters. The van der Waals surface area contributed by atoms with Gasteiger partial charge in [0.2, 0.25) is 0 Å². The van der Waals surface area contributed by atoms with Crippen molar-refractivity contribution < 1.29 is 0 Å². The molecular formula is C13H16N2. The van der Waals surface area contributed by atoms with E-state index in [2.05, 4.69) is 0 Å². The number of nitrogens with two attached hydrogens (primary N) is 2.